The molecule has 2 bridgehead atoms. The topological polar surface area (TPSA) is 173 Å². The van der Waals surface area contributed by atoms with Gasteiger partial charge in [-0.15, -0.1) is 0 Å². The van der Waals surface area contributed by atoms with Gasteiger partial charge < -0.3 is 62.7 Å². The quantitative estimate of drug-likeness (QED) is 0.136. The van der Waals surface area contributed by atoms with E-state index in [0.717, 1.165) is 37.7 Å². The summed E-state index contributed by atoms with van der Waals surface area (Å²) in [6, 6.07) is 0. The first-order valence-corrected chi connectivity index (χ1v) is 22.3. The van der Waals surface area contributed by atoms with E-state index >= 15 is 0 Å². The first-order valence-electron chi connectivity index (χ1n) is 22.3. The summed E-state index contributed by atoms with van der Waals surface area (Å²) in [5, 5.41) is 31.1. The largest absolute Gasteiger partial charge is 0.459 e. The van der Waals surface area contributed by atoms with Crippen molar-refractivity contribution in [2.75, 3.05) is 41.7 Å². The molecule has 5 aliphatic rings. The van der Waals surface area contributed by atoms with Gasteiger partial charge in [-0.3, -0.25) is 0 Å². The lowest BCUT2D eigenvalue weighted by atomic mass is 9.80. The van der Waals surface area contributed by atoms with Crippen LogP contribution < -0.4 is 0 Å². The van der Waals surface area contributed by atoms with E-state index in [1.54, 1.807) is 34.5 Å². The van der Waals surface area contributed by atoms with Crippen LogP contribution in [0.4, 0.5) is 0 Å². The van der Waals surface area contributed by atoms with Crippen LogP contribution in [0.2, 0.25) is 0 Å². The van der Waals surface area contributed by atoms with Gasteiger partial charge in [0.1, 0.15) is 30.0 Å². The number of hydrogen-bond acceptors (Lipinski definition) is 14. The average molecular weight is 853 g/mol. The number of fused-ring (bicyclic) bond motifs is 2. The zero-order valence-electron chi connectivity index (χ0n) is 37.5. The van der Waals surface area contributed by atoms with Gasteiger partial charge in [0.05, 0.1) is 68.1 Å². The number of aliphatic hydroxyl groups is 3. The van der Waals surface area contributed by atoms with E-state index < -0.39 is 48.4 Å². The number of aliphatic hydroxyl groups excluding tert-OH is 3. The summed E-state index contributed by atoms with van der Waals surface area (Å²) < 4.78 is 61.8. The molecule has 5 rings (SSSR count). The second-order valence-electron chi connectivity index (χ2n) is 18.2. The van der Waals surface area contributed by atoms with Gasteiger partial charge in [0.25, 0.3) is 0 Å². The zero-order valence-corrected chi connectivity index (χ0v) is 37.5. The Kier molecular flexibility index (Phi) is 19.1. The number of esters is 1. The van der Waals surface area contributed by atoms with Crippen molar-refractivity contribution in [1.29, 1.82) is 0 Å². The van der Waals surface area contributed by atoms with Gasteiger partial charge in [-0.05, 0) is 70.6 Å². The molecule has 18 atom stereocenters. The standard InChI is InChI=1S/C46H76O14/c1-27-13-16-35(59-45-43(50)42(49)37(47)25-55-45)21-32-11-10-12-33(58-32)23-39(53-8)46(26-56-46)40(54-9)24-38(52-7)31(5)44(60-41(48)18-15-27)29(3)19-28(2)14-17-34-22-36(51-6)20-30(4)57-34/h10-11,13,15,18,28-40,42-45,47,49-50H,12,14,16-17,19-26H2,1-9H3/b18-15+,27-13+/t28?,29?,30?,31-,32-,33-,34?,35?,36?,37+,38+,39-,40-,42-,43+,44+,45+,46?/m0/s1. The van der Waals surface area contributed by atoms with Crippen LogP contribution >= 0.6 is 0 Å². The Morgan fingerprint density at radius 2 is 1.60 bits per heavy atom. The summed E-state index contributed by atoms with van der Waals surface area (Å²) in [4.78, 5) is 13.7. The Morgan fingerprint density at radius 1 is 0.867 bits per heavy atom. The Labute approximate surface area is 358 Å². The van der Waals surface area contributed by atoms with Crippen molar-refractivity contribution in [3.05, 3.63) is 36.0 Å². The molecule has 5 heterocycles. The molecule has 7 unspecified atom stereocenters. The Bertz CT molecular complexity index is 1400. The number of carbonyl (C=O) groups is 1. The summed E-state index contributed by atoms with van der Waals surface area (Å²) in [7, 11) is 6.85. The molecule has 3 saturated heterocycles. The minimum atomic E-state index is -1.44. The molecule has 14 nitrogen and oxygen atoms in total. The van der Waals surface area contributed by atoms with Crippen LogP contribution in [0, 0.1) is 17.8 Å². The molecule has 1 spiro atoms. The molecule has 0 amide bonds. The number of allylic oxidation sites excluding steroid dienone is 2. The van der Waals surface area contributed by atoms with Gasteiger partial charge in [-0.2, -0.15) is 0 Å². The smallest absolute Gasteiger partial charge is 0.331 e. The number of methoxy groups -OCH3 is 4. The number of hydrogen-bond donors (Lipinski definition) is 3. The minimum absolute atomic E-state index is 0.00983. The molecule has 344 valence electrons. The van der Waals surface area contributed by atoms with Crippen molar-refractivity contribution in [3.63, 3.8) is 0 Å². The first kappa shape index (κ1) is 49.2. The molecule has 60 heavy (non-hydrogen) atoms. The average Bonchev–Trinajstić information content (AvgIpc) is 4.04. The van der Waals surface area contributed by atoms with Gasteiger partial charge in [0.2, 0.25) is 0 Å². The summed E-state index contributed by atoms with van der Waals surface area (Å²) >= 11 is 0. The van der Waals surface area contributed by atoms with E-state index in [9.17, 15) is 20.1 Å². The highest BCUT2D eigenvalue weighted by Crippen LogP contribution is 2.44. The van der Waals surface area contributed by atoms with Crippen molar-refractivity contribution < 1.29 is 67.5 Å². The molecule has 3 fully saturated rings. The summed E-state index contributed by atoms with van der Waals surface area (Å²) in [5.41, 5.74) is 0.0923. The maximum atomic E-state index is 13.7. The van der Waals surface area contributed by atoms with E-state index in [0.29, 0.717) is 44.6 Å². The van der Waals surface area contributed by atoms with Gasteiger partial charge in [0.15, 0.2) is 6.29 Å². The molecule has 0 aromatic heterocycles. The third-order valence-corrected chi connectivity index (χ3v) is 13.5. The fraction of sp³-hybridized carbons (Fsp3) is 0.848. The monoisotopic (exact) mass is 853 g/mol. The molecule has 0 aromatic rings. The molecule has 0 radical (unpaired) electrons. The van der Waals surface area contributed by atoms with Crippen LogP contribution in [-0.4, -0.2) is 154 Å². The molecule has 0 aliphatic carbocycles. The maximum Gasteiger partial charge on any atom is 0.331 e. The summed E-state index contributed by atoms with van der Waals surface area (Å²) in [5.74, 6) is -0.281. The lowest BCUT2D eigenvalue weighted by molar-refractivity contribution is -0.284. The number of rotatable bonds is 12. The van der Waals surface area contributed by atoms with Gasteiger partial charge in [0, 0.05) is 59.7 Å². The van der Waals surface area contributed by atoms with Crippen molar-refractivity contribution in [2.45, 2.75) is 190 Å². The van der Waals surface area contributed by atoms with E-state index in [4.69, 9.17) is 47.4 Å². The SMILES string of the molecule is COC1CC(C)OC(CCC(C)CC(C)[C@H]2OC(=O)/C=C/C(C)=C/CC(O[C@H]3OC[C@@H](O)[C@H](O)[C@H]3O)C[C@@H]3C=CC[C@@H](C[C@H](OC)C4(CO4)[C@@H](OC)C[C@@H](OC)[C@@H]2C)O3)C1. The minimum Gasteiger partial charge on any atom is -0.459 e. The molecule has 5 aliphatic heterocycles. The van der Waals surface area contributed by atoms with E-state index in [1.165, 1.54) is 6.08 Å². The Hall–Kier alpha value is -1.79. The van der Waals surface area contributed by atoms with Gasteiger partial charge >= 0.3 is 5.97 Å². The first-order chi connectivity index (χ1) is 28.7. The van der Waals surface area contributed by atoms with E-state index in [-0.39, 0.29) is 67.3 Å². The van der Waals surface area contributed by atoms with Gasteiger partial charge in [-0.1, -0.05) is 50.6 Å². The predicted molar refractivity (Wildman–Crippen MR) is 223 cm³/mol. The third-order valence-electron chi connectivity index (χ3n) is 13.5. The van der Waals surface area contributed by atoms with Crippen LogP contribution in [0.3, 0.4) is 0 Å². The number of cyclic esters (lactones) is 1. The highest BCUT2D eigenvalue weighted by Gasteiger charge is 2.59. The van der Waals surface area contributed by atoms with Crippen LogP contribution in [0.1, 0.15) is 98.8 Å². The van der Waals surface area contributed by atoms with Gasteiger partial charge in [-0.25, -0.2) is 4.79 Å². The van der Waals surface area contributed by atoms with Crippen molar-refractivity contribution in [2.24, 2.45) is 17.8 Å². The van der Waals surface area contributed by atoms with Crippen LogP contribution in [0.15, 0.2) is 36.0 Å². The fourth-order valence-electron chi connectivity index (χ4n) is 9.85. The van der Waals surface area contributed by atoms with Crippen molar-refractivity contribution in [3.8, 4) is 0 Å². The second-order valence-corrected chi connectivity index (χ2v) is 18.2. The Balaban J connectivity index is 1.38. The lowest BCUT2D eigenvalue weighted by Crippen LogP contribution is -2.54. The molecule has 14 heteroatoms. The third kappa shape index (κ3) is 13.4. The van der Waals surface area contributed by atoms with Crippen LogP contribution in [0.5, 0.6) is 0 Å². The second kappa shape index (κ2) is 23.2. The molecular weight excluding hydrogens is 776 g/mol. The van der Waals surface area contributed by atoms with E-state index in [2.05, 4.69) is 33.8 Å². The number of ether oxygens (including phenoxy) is 10. The highest BCUT2D eigenvalue weighted by molar-refractivity contribution is 5.82. The van der Waals surface area contributed by atoms with Crippen molar-refractivity contribution in [1.82, 2.24) is 0 Å². The van der Waals surface area contributed by atoms with Crippen molar-refractivity contribution >= 4 is 5.97 Å². The highest BCUT2D eigenvalue weighted by atomic mass is 16.7. The lowest BCUT2D eigenvalue weighted by Gasteiger charge is -2.39. The summed E-state index contributed by atoms with van der Waals surface area (Å²) in [6.07, 6.45) is 9.22. The van der Waals surface area contributed by atoms with E-state index in [1.807, 2.05) is 19.1 Å². The Morgan fingerprint density at radius 3 is 2.28 bits per heavy atom. The summed E-state index contributed by atoms with van der Waals surface area (Å²) in [6.45, 7) is 10.8. The molecular formula is C46H76O14. The predicted octanol–water partition coefficient (Wildman–Crippen LogP) is 4.99. The maximum absolute atomic E-state index is 13.7. The number of carbonyl (C=O) groups excluding carboxylic acids is 1. The fourth-order valence-corrected chi connectivity index (χ4v) is 9.85. The molecule has 3 N–H and O–H groups in total. The number of epoxide rings is 1. The normalized spacial score (nSPS) is 43.6. The molecule has 0 aromatic carbocycles. The van der Waals surface area contributed by atoms with Crippen LogP contribution in [-0.2, 0) is 52.2 Å². The van der Waals surface area contributed by atoms with Crippen LogP contribution in [0.25, 0.3) is 0 Å². The zero-order chi connectivity index (χ0) is 43.6. The molecule has 0 saturated carbocycles.